The van der Waals surface area contributed by atoms with Crippen molar-refractivity contribution in [2.45, 2.75) is 13.0 Å². The molecule has 0 saturated carbocycles. The summed E-state index contributed by atoms with van der Waals surface area (Å²) in [6.45, 7) is 5.54. The largest absolute Gasteiger partial charge is 0.465 e. The van der Waals surface area contributed by atoms with Crippen LogP contribution >= 0.6 is 22.6 Å². The molecule has 1 saturated heterocycles. The van der Waals surface area contributed by atoms with Crippen LogP contribution in [0.25, 0.3) is 0 Å². The van der Waals surface area contributed by atoms with E-state index in [1.807, 2.05) is 43.3 Å². The van der Waals surface area contributed by atoms with Gasteiger partial charge in [0.1, 0.15) is 11.5 Å². The van der Waals surface area contributed by atoms with Gasteiger partial charge < -0.3 is 14.5 Å². The van der Waals surface area contributed by atoms with E-state index in [-0.39, 0.29) is 11.9 Å². The van der Waals surface area contributed by atoms with Gasteiger partial charge in [-0.3, -0.25) is 9.69 Å². The monoisotopic (exact) mass is 440 g/mol. The smallest absolute Gasteiger partial charge is 0.251 e. The summed E-state index contributed by atoms with van der Waals surface area (Å²) in [5, 5.41) is 3.04. The molecule has 0 spiro atoms. The molecule has 128 valence electrons. The third kappa shape index (κ3) is 4.37. The maximum atomic E-state index is 12.4. The first kappa shape index (κ1) is 17.4. The Morgan fingerprint density at radius 2 is 1.92 bits per heavy atom. The van der Waals surface area contributed by atoms with Crippen LogP contribution in [-0.4, -0.2) is 43.7 Å². The molecule has 1 unspecified atom stereocenters. The van der Waals surface area contributed by atoms with Gasteiger partial charge in [0, 0.05) is 28.8 Å². The molecule has 1 N–H and O–H groups in total. The van der Waals surface area contributed by atoms with Crippen LogP contribution in [0.5, 0.6) is 0 Å². The van der Waals surface area contributed by atoms with E-state index in [0.717, 1.165) is 28.2 Å². The lowest BCUT2D eigenvalue weighted by Crippen LogP contribution is -2.43. The van der Waals surface area contributed by atoms with E-state index in [0.29, 0.717) is 25.3 Å². The Morgan fingerprint density at radius 1 is 1.21 bits per heavy atom. The second kappa shape index (κ2) is 8.13. The van der Waals surface area contributed by atoms with Crippen LogP contribution in [0.1, 0.15) is 27.9 Å². The SMILES string of the molecule is Cc1ccc(C(CNC(=O)c2ccc(I)cc2)N2CCOCC2)o1. The van der Waals surface area contributed by atoms with Crippen molar-refractivity contribution >= 4 is 28.5 Å². The van der Waals surface area contributed by atoms with Gasteiger partial charge in [-0.05, 0) is 65.9 Å². The van der Waals surface area contributed by atoms with Crippen LogP contribution in [0.15, 0.2) is 40.8 Å². The zero-order valence-corrected chi connectivity index (χ0v) is 15.8. The molecule has 1 aliphatic rings. The zero-order chi connectivity index (χ0) is 16.9. The van der Waals surface area contributed by atoms with Crippen molar-refractivity contribution in [3.63, 3.8) is 0 Å². The number of carbonyl (C=O) groups is 1. The molecule has 1 atom stereocenters. The lowest BCUT2D eigenvalue weighted by Gasteiger charge is -2.33. The molecule has 1 aliphatic heterocycles. The van der Waals surface area contributed by atoms with Gasteiger partial charge in [-0.25, -0.2) is 0 Å². The maximum absolute atomic E-state index is 12.4. The van der Waals surface area contributed by atoms with E-state index in [1.165, 1.54) is 0 Å². The number of nitrogens with one attached hydrogen (secondary N) is 1. The molecule has 0 aliphatic carbocycles. The van der Waals surface area contributed by atoms with Crippen molar-refractivity contribution in [1.29, 1.82) is 0 Å². The highest BCUT2D eigenvalue weighted by molar-refractivity contribution is 14.1. The molecule has 1 aromatic heterocycles. The quantitative estimate of drug-likeness (QED) is 0.727. The Hall–Kier alpha value is -1.38. The Balaban J connectivity index is 1.69. The van der Waals surface area contributed by atoms with Crippen LogP contribution in [0.3, 0.4) is 0 Å². The summed E-state index contributed by atoms with van der Waals surface area (Å²) in [4.78, 5) is 14.7. The lowest BCUT2D eigenvalue weighted by atomic mass is 10.1. The van der Waals surface area contributed by atoms with Crippen molar-refractivity contribution in [2.24, 2.45) is 0 Å². The van der Waals surface area contributed by atoms with Crippen molar-refractivity contribution < 1.29 is 13.9 Å². The summed E-state index contributed by atoms with van der Waals surface area (Å²) in [6, 6.07) is 11.5. The molecule has 0 radical (unpaired) electrons. The Morgan fingerprint density at radius 3 is 2.54 bits per heavy atom. The average molecular weight is 440 g/mol. The minimum Gasteiger partial charge on any atom is -0.465 e. The van der Waals surface area contributed by atoms with Crippen molar-refractivity contribution in [2.75, 3.05) is 32.8 Å². The number of nitrogens with zero attached hydrogens (tertiary/aromatic N) is 1. The van der Waals surface area contributed by atoms with E-state index in [1.54, 1.807) is 0 Å². The van der Waals surface area contributed by atoms with Crippen LogP contribution < -0.4 is 5.32 Å². The fourth-order valence-corrected chi connectivity index (χ4v) is 3.18. The molecule has 0 bridgehead atoms. The number of hydrogen-bond donors (Lipinski definition) is 1. The average Bonchev–Trinajstić information content (AvgIpc) is 3.02. The summed E-state index contributed by atoms with van der Waals surface area (Å²) in [6.07, 6.45) is 0. The Labute approximate surface area is 155 Å². The molecule has 1 amide bonds. The summed E-state index contributed by atoms with van der Waals surface area (Å²) in [5.74, 6) is 1.71. The number of morpholine rings is 1. The van der Waals surface area contributed by atoms with E-state index in [2.05, 4.69) is 32.8 Å². The van der Waals surface area contributed by atoms with Gasteiger partial charge in [0.2, 0.25) is 0 Å². The Kier molecular flexibility index (Phi) is 5.91. The van der Waals surface area contributed by atoms with Crippen molar-refractivity contribution in [1.82, 2.24) is 10.2 Å². The van der Waals surface area contributed by atoms with Crippen molar-refractivity contribution in [3.8, 4) is 0 Å². The molecule has 2 heterocycles. The number of aryl methyl sites for hydroxylation is 1. The van der Waals surface area contributed by atoms with Gasteiger partial charge >= 0.3 is 0 Å². The number of ether oxygens (including phenoxy) is 1. The van der Waals surface area contributed by atoms with Gasteiger partial charge in [-0.2, -0.15) is 0 Å². The summed E-state index contributed by atoms with van der Waals surface area (Å²) >= 11 is 2.23. The third-order valence-corrected chi connectivity index (χ3v) is 4.86. The Bertz CT molecular complexity index is 678. The summed E-state index contributed by atoms with van der Waals surface area (Å²) < 4.78 is 12.4. The number of rotatable bonds is 5. The van der Waals surface area contributed by atoms with Crippen molar-refractivity contribution in [3.05, 3.63) is 57.1 Å². The summed E-state index contributed by atoms with van der Waals surface area (Å²) in [7, 11) is 0. The topological polar surface area (TPSA) is 54.7 Å². The first-order chi connectivity index (χ1) is 11.6. The molecule has 5 nitrogen and oxygen atoms in total. The lowest BCUT2D eigenvalue weighted by molar-refractivity contribution is 0.0117. The molecule has 24 heavy (non-hydrogen) atoms. The number of benzene rings is 1. The second-order valence-electron chi connectivity index (χ2n) is 5.83. The first-order valence-electron chi connectivity index (χ1n) is 8.05. The predicted molar refractivity (Wildman–Crippen MR) is 100 cm³/mol. The van der Waals surface area contributed by atoms with Gasteiger partial charge in [-0.15, -0.1) is 0 Å². The number of hydrogen-bond acceptors (Lipinski definition) is 4. The number of amides is 1. The number of carbonyl (C=O) groups excluding carboxylic acids is 1. The summed E-state index contributed by atoms with van der Waals surface area (Å²) in [5.41, 5.74) is 0.673. The molecule has 3 rings (SSSR count). The van der Waals surface area contributed by atoms with Crippen LogP contribution in [0.4, 0.5) is 0 Å². The highest BCUT2D eigenvalue weighted by atomic mass is 127. The fourth-order valence-electron chi connectivity index (χ4n) is 2.82. The fraction of sp³-hybridized carbons (Fsp3) is 0.389. The number of furan rings is 1. The van der Waals surface area contributed by atoms with Crippen LogP contribution in [0.2, 0.25) is 0 Å². The standard InChI is InChI=1S/C18H21IN2O3/c1-13-2-7-17(24-13)16(21-8-10-23-11-9-21)12-20-18(22)14-3-5-15(19)6-4-14/h2-7,16H,8-12H2,1H3,(H,20,22). The normalized spacial score (nSPS) is 16.8. The van der Waals surface area contributed by atoms with Gasteiger partial charge in [0.05, 0.1) is 19.3 Å². The van der Waals surface area contributed by atoms with E-state index in [4.69, 9.17) is 9.15 Å². The van der Waals surface area contributed by atoms with E-state index < -0.39 is 0 Å². The molecule has 6 heteroatoms. The minimum absolute atomic E-state index is 0.0235. The van der Waals surface area contributed by atoms with Crippen LogP contribution in [0, 0.1) is 10.5 Å². The van der Waals surface area contributed by atoms with Gasteiger partial charge in [0.15, 0.2) is 0 Å². The zero-order valence-electron chi connectivity index (χ0n) is 13.6. The maximum Gasteiger partial charge on any atom is 0.251 e. The highest BCUT2D eigenvalue weighted by Gasteiger charge is 2.25. The van der Waals surface area contributed by atoms with E-state index >= 15 is 0 Å². The minimum atomic E-state index is -0.0621. The molecule has 1 fully saturated rings. The second-order valence-corrected chi connectivity index (χ2v) is 7.08. The van der Waals surface area contributed by atoms with Gasteiger partial charge in [0.25, 0.3) is 5.91 Å². The van der Waals surface area contributed by atoms with Crippen LogP contribution in [-0.2, 0) is 4.74 Å². The number of halogens is 1. The first-order valence-corrected chi connectivity index (χ1v) is 9.13. The molecule has 1 aromatic carbocycles. The molecule has 2 aromatic rings. The van der Waals surface area contributed by atoms with E-state index in [9.17, 15) is 4.79 Å². The predicted octanol–water partition coefficient (Wildman–Crippen LogP) is 3.00. The highest BCUT2D eigenvalue weighted by Crippen LogP contribution is 2.23. The third-order valence-electron chi connectivity index (χ3n) is 4.14. The molecular formula is C18H21IN2O3. The molecular weight excluding hydrogens is 419 g/mol. The van der Waals surface area contributed by atoms with Gasteiger partial charge in [-0.1, -0.05) is 0 Å².